The van der Waals surface area contributed by atoms with Crippen molar-refractivity contribution in [1.82, 2.24) is 0 Å². The number of rotatable bonds is 7. The Bertz CT molecular complexity index is 800. The highest BCUT2D eigenvalue weighted by molar-refractivity contribution is 7.10. The van der Waals surface area contributed by atoms with Crippen molar-refractivity contribution in [2.45, 2.75) is 19.4 Å². The molecule has 0 aliphatic carbocycles. The van der Waals surface area contributed by atoms with Gasteiger partial charge in [-0.15, -0.1) is 11.3 Å². The summed E-state index contributed by atoms with van der Waals surface area (Å²) in [5.74, 6) is 0.0263. The predicted octanol–water partition coefficient (Wildman–Crippen LogP) is 3.60. The average Bonchev–Trinajstić information content (AvgIpc) is 3.18. The van der Waals surface area contributed by atoms with Crippen molar-refractivity contribution in [1.29, 1.82) is 0 Å². The number of nitrogens with one attached hydrogen (secondary N) is 1. The van der Waals surface area contributed by atoms with E-state index in [1.165, 1.54) is 10.4 Å². The molecule has 4 heteroatoms. The molecule has 0 saturated heterocycles. The number of hydrogen-bond donors (Lipinski definition) is 2. The summed E-state index contributed by atoms with van der Waals surface area (Å²) in [6.07, 6.45) is 0.905. The van der Waals surface area contributed by atoms with Crippen LogP contribution in [0.25, 0.3) is 0 Å². The molecule has 0 radical (unpaired) electrons. The van der Waals surface area contributed by atoms with Crippen LogP contribution in [0.2, 0.25) is 0 Å². The van der Waals surface area contributed by atoms with Crippen LogP contribution in [-0.4, -0.2) is 12.5 Å². The van der Waals surface area contributed by atoms with Gasteiger partial charge >= 0.3 is 0 Å². The maximum atomic E-state index is 12.4. The van der Waals surface area contributed by atoms with Gasteiger partial charge in [-0.2, -0.15) is 0 Å². The second kappa shape index (κ2) is 8.60. The lowest BCUT2D eigenvalue weighted by Gasteiger charge is -2.15. The smallest absolute Gasteiger partial charge is 0.279 e. The van der Waals surface area contributed by atoms with Crippen LogP contribution >= 0.6 is 11.3 Å². The van der Waals surface area contributed by atoms with E-state index in [2.05, 4.69) is 53.3 Å². The summed E-state index contributed by atoms with van der Waals surface area (Å²) in [6.45, 7) is 2.48. The van der Waals surface area contributed by atoms with Gasteiger partial charge in [0, 0.05) is 11.3 Å². The van der Waals surface area contributed by atoms with Crippen molar-refractivity contribution in [2.75, 3.05) is 11.9 Å². The first-order chi connectivity index (χ1) is 12.3. The Labute approximate surface area is 152 Å². The van der Waals surface area contributed by atoms with Gasteiger partial charge in [0.25, 0.3) is 5.91 Å². The molecule has 128 valence electrons. The number of quaternary nitrogens is 1. The first-order valence-corrected chi connectivity index (χ1v) is 9.45. The molecular weight excluding hydrogens is 328 g/mol. The zero-order valence-corrected chi connectivity index (χ0v) is 15.1. The lowest BCUT2D eigenvalue weighted by molar-refractivity contribution is -0.675. The molecule has 0 unspecified atom stereocenters. The van der Waals surface area contributed by atoms with E-state index in [-0.39, 0.29) is 11.9 Å². The molecule has 0 aliphatic rings. The summed E-state index contributed by atoms with van der Waals surface area (Å²) in [6, 6.07) is 22.6. The third kappa shape index (κ3) is 4.56. The minimum Gasteiger partial charge on any atom is -0.328 e. The maximum Gasteiger partial charge on any atom is 0.279 e. The van der Waals surface area contributed by atoms with Gasteiger partial charge in [0.05, 0.1) is 4.88 Å². The molecule has 1 heterocycles. The Kier molecular flexibility index (Phi) is 5.99. The Hall–Kier alpha value is -2.43. The van der Waals surface area contributed by atoms with E-state index in [9.17, 15) is 4.79 Å². The van der Waals surface area contributed by atoms with E-state index in [0.717, 1.165) is 17.7 Å². The summed E-state index contributed by atoms with van der Waals surface area (Å²) < 4.78 is 0. The number of carbonyl (C=O) groups is 1. The van der Waals surface area contributed by atoms with Crippen LogP contribution < -0.4 is 10.6 Å². The fraction of sp³-hybridized carbons (Fsp3) is 0.190. The second-order valence-electron chi connectivity index (χ2n) is 5.90. The van der Waals surface area contributed by atoms with E-state index in [4.69, 9.17) is 0 Å². The molecule has 2 aromatic carbocycles. The number of nitrogens with two attached hydrogens (primary N) is 1. The lowest BCUT2D eigenvalue weighted by Crippen LogP contribution is -2.87. The molecule has 0 spiro atoms. The van der Waals surface area contributed by atoms with Gasteiger partial charge < -0.3 is 10.6 Å². The van der Waals surface area contributed by atoms with E-state index in [0.29, 0.717) is 6.54 Å². The van der Waals surface area contributed by atoms with Gasteiger partial charge in [-0.1, -0.05) is 61.5 Å². The van der Waals surface area contributed by atoms with Crippen LogP contribution in [0, 0.1) is 0 Å². The Morgan fingerprint density at radius 3 is 2.52 bits per heavy atom. The largest absolute Gasteiger partial charge is 0.328 e. The van der Waals surface area contributed by atoms with Gasteiger partial charge in [-0.25, -0.2) is 0 Å². The summed E-state index contributed by atoms with van der Waals surface area (Å²) in [5, 5.41) is 7.23. The fourth-order valence-corrected chi connectivity index (χ4v) is 3.77. The summed E-state index contributed by atoms with van der Waals surface area (Å²) >= 11 is 1.72. The third-order valence-electron chi connectivity index (χ3n) is 4.22. The second-order valence-corrected chi connectivity index (χ2v) is 6.88. The fourth-order valence-electron chi connectivity index (χ4n) is 2.92. The zero-order valence-electron chi connectivity index (χ0n) is 14.3. The Morgan fingerprint density at radius 1 is 1.04 bits per heavy atom. The molecule has 3 aromatic rings. The topological polar surface area (TPSA) is 45.7 Å². The SMILES string of the molecule is CCc1ccccc1NC(=O)C[NH2+][C@@H](c1ccccc1)c1cccs1. The third-order valence-corrected chi connectivity index (χ3v) is 5.18. The number of benzene rings is 2. The molecule has 1 atom stereocenters. The Morgan fingerprint density at radius 2 is 1.80 bits per heavy atom. The summed E-state index contributed by atoms with van der Waals surface area (Å²) in [4.78, 5) is 13.7. The predicted molar refractivity (Wildman–Crippen MR) is 104 cm³/mol. The molecule has 0 aliphatic heterocycles. The lowest BCUT2D eigenvalue weighted by atomic mass is 10.1. The standard InChI is InChI=1S/C21H22N2OS/c1-2-16-9-6-7-12-18(16)23-20(24)15-22-21(19-13-8-14-25-19)17-10-4-3-5-11-17/h3-14,21-22H,2,15H2,1H3,(H,23,24)/p+1/t21-/m0/s1. The first kappa shape index (κ1) is 17.4. The molecule has 0 bridgehead atoms. The molecule has 1 aromatic heterocycles. The average molecular weight is 351 g/mol. The van der Waals surface area contributed by atoms with Crippen LogP contribution in [0.1, 0.15) is 29.0 Å². The minimum atomic E-state index is 0.0263. The molecule has 3 N–H and O–H groups in total. The molecule has 3 rings (SSSR count). The van der Waals surface area contributed by atoms with Crippen molar-refractivity contribution in [2.24, 2.45) is 0 Å². The number of aryl methyl sites for hydroxylation is 1. The molecular formula is C21H23N2OS+. The van der Waals surface area contributed by atoms with Crippen LogP contribution in [0.15, 0.2) is 72.1 Å². The first-order valence-electron chi connectivity index (χ1n) is 8.57. The number of hydrogen-bond acceptors (Lipinski definition) is 2. The molecule has 0 saturated carbocycles. The summed E-state index contributed by atoms with van der Waals surface area (Å²) in [5.41, 5.74) is 3.29. The number of anilines is 1. The number of carbonyl (C=O) groups excluding carboxylic acids is 1. The van der Waals surface area contributed by atoms with Crippen LogP contribution in [0.3, 0.4) is 0 Å². The van der Waals surface area contributed by atoms with E-state index >= 15 is 0 Å². The van der Waals surface area contributed by atoms with Crippen LogP contribution in [0.4, 0.5) is 5.69 Å². The van der Waals surface area contributed by atoms with E-state index in [1.807, 2.05) is 36.4 Å². The zero-order chi connectivity index (χ0) is 17.5. The number of para-hydroxylation sites is 1. The highest BCUT2D eigenvalue weighted by Gasteiger charge is 2.20. The van der Waals surface area contributed by atoms with Gasteiger partial charge in [-0.3, -0.25) is 4.79 Å². The maximum absolute atomic E-state index is 12.4. The van der Waals surface area contributed by atoms with Gasteiger partial charge in [0.15, 0.2) is 6.54 Å². The highest BCUT2D eigenvalue weighted by atomic mass is 32.1. The number of amides is 1. The van der Waals surface area contributed by atoms with Crippen LogP contribution in [-0.2, 0) is 11.2 Å². The van der Waals surface area contributed by atoms with Crippen molar-refractivity contribution in [3.05, 3.63) is 88.1 Å². The van der Waals surface area contributed by atoms with Crippen LogP contribution in [0.5, 0.6) is 0 Å². The normalized spacial score (nSPS) is 11.9. The van der Waals surface area contributed by atoms with Crippen molar-refractivity contribution >= 4 is 22.9 Å². The monoisotopic (exact) mass is 351 g/mol. The van der Waals surface area contributed by atoms with Crippen molar-refractivity contribution < 1.29 is 10.1 Å². The summed E-state index contributed by atoms with van der Waals surface area (Å²) in [7, 11) is 0. The van der Waals surface area contributed by atoms with Crippen molar-refractivity contribution in [3.63, 3.8) is 0 Å². The van der Waals surface area contributed by atoms with Crippen molar-refractivity contribution in [3.8, 4) is 0 Å². The van der Waals surface area contributed by atoms with Gasteiger partial charge in [0.1, 0.15) is 6.04 Å². The molecule has 0 fully saturated rings. The van der Waals surface area contributed by atoms with Gasteiger partial charge in [0.2, 0.25) is 0 Å². The quantitative estimate of drug-likeness (QED) is 0.671. The van der Waals surface area contributed by atoms with E-state index < -0.39 is 0 Å². The molecule has 1 amide bonds. The molecule has 3 nitrogen and oxygen atoms in total. The Balaban J connectivity index is 1.68. The van der Waals surface area contributed by atoms with Gasteiger partial charge in [-0.05, 0) is 29.5 Å². The number of thiophene rings is 1. The minimum absolute atomic E-state index is 0.0263. The highest BCUT2D eigenvalue weighted by Crippen LogP contribution is 2.22. The van der Waals surface area contributed by atoms with E-state index in [1.54, 1.807) is 11.3 Å². The molecule has 25 heavy (non-hydrogen) atoms.